The minimum absolute atomic E-state index is 0.234. The first-order chi connectivity index (χ1) is 6.58. The lowest BCUT2D eigenvalue weighted by Crippen LogP contribution is -1.99. The highest BCUT2D eigenvalue weighted by Gasteiger charge is 2.11. The van der Waals surface area contributed by atoms with Gasteiger partial charge in [-0.3, -0.25) is 0 Å². The predicted molar refractivity (Wildman–Crippen MR) is 47.2 cm³/mol. The molecule has 14 heavy (non-hydrogen) atoms. The van der Waals surface area contributed by atoms with Crippen molar-refractivity contribution in [2.75, 3.05) is 0 Å². The van der Waals surface area contributed by atoms with Crippen molar-refractivity contribution < 1.29 is 9.90 Å². The lowest BCUT2D eigenvalue weighted by molar-refractivity contribution is 0.0684. The summed E-state index contributed by atoms with van der Waals surface area (Å²) in [4.78, 5) is 18.4. The molecule has 2 aromatic heterocycles. The van der Waals surface area contributed by atoms with E-state index in [0.717, 1.165) is 11.3 Å². The van der Waals surface area contributed by atoms with Gasteiger partial charge in [0.15, 0.2) is 0 Å². The Morgan fingerprint density at radius 1 is 1.43 bits per heavy atom. The Bertz CT molecular complexity index is 478. The number of aromatic carboxylic acids is 1. The average molecular weight is 192 g/mol. The van der Waals surface area contributed by atoms with E-state index in [1.54, 1.807) is 6.20 Å². The molecule has 1 N–H and O–H groups in total. The molecule has 0 aliphatic rings. The topological polar surface area (TPSA) is 80.4 Å². The van der Waals surface area contributed by atoms with Gasteiger partial charge in [-0.2, -0.15) is 4.98 Å². The number of fused-ring (bicyclic) bond motifs is 1. The van der Waals surface area contributed by atoms with Crippen molar-refractivity contribution in [3.05, 3.63) is 23.3 Å². The van der Waals surface area contributed by atoms with Crippen LogP contribution in [0.3, 0.4) is 0 Å². The molecule has 0 fully saturated rings. The van der Waals surface area contributed by atoms with Crippen molar-refractivity contribution in [1.82, 2.24) is 19.6 Å². The Morgan fingerprint density at radius 3 is 2.79 bits per heavy atom. The van der Waals surface area contributed by atoms with Gasteiger partial charge in [0, 0.05) is 11.9 Å². The predicted octanol–water partition coefficient (Wildman–Crippen LogP) is 0.439. The summed E-state index contributed by atoms with van der Waals surface area (Å²) in [6.07, 6.45) is 1.71. The lowest BCUT2D eigenvalue weighted by atomic mass is 10.3. The summed E-state index contributed by atoms with van der Waals surface area (Å²) in [7, 11) is 0. The van der Waals surface area contributed by atoms with Crippen LogP contribution in [0, 0.1) is 13.8 Å². The molecule has 0 aliphatic carbocycles. The highest BCUT2D eigenvalue weighted by Crippen LogP contribution is 2.05. The second kappa shape index (κ2) is 2.76. The average Bonchev–Trinajstić information content (AvgIpc) is 2.48. The van der Waals surface area contributed by atoms with E-state index in [9.17, 15) is 4.79 Å². The van der Waals surface area contributed by atoms with E-state index in [2.05, 4.69) is 15.1 Å². The number of aromatic nitrogens is 4. The molecule has 2 aromatic rings. The first-order valence-corrected chi connectivity index (χ1v) is 4.02. The van der Waals surface area contributed by atoms with Crippen molar-refractivity contribution in [1.29, 1.82) is 0 Å². The molecule has 0 saturated carbocycles. The summed E-state index contributed by atoms with van der Waals surface area (Å²) in [5.74, 6) is -1.07. The molecule has 72 valence electrons. The van der Waals surface area contributed by atoms with Gasteiger partial charge < -0.3 is 5.11 Å². The van der Waals surface area contributed by atoms with Crippen molar-refractivity contribution in [3.8, 4) is 0 Å². The van der Waals surface area contributed by atoms with Gasteiger partial charge in [-0.1, -0.05) is 0 Å². The van der Waals surface area contributed by atoms with Crippen LogP contribution in [0.2, 0.25) is 0 Å². The molecular weight excluding hydrogens is 184 g/mol. The van der Waals surface area contributed by atoms with Crippen LogP contribution in [0.25, 0.3) is 5.78 Å². The van der Waals surface area contributed by atoms with Crippen LogP contribution in [0.1, 0.15) is 21.9 Å². The minimum atomic E-state index is -1.15. The van der Waals surface area contributed by atoms with E-state index in [1.807, 2.05) is 13.8 Å². The Balaban J connectivity index is 2.72. The molecule has 0 amide bonds. The standard InChI is InChI=1S/C8H8N4O2/c1-4-3-12-8(9-5(4)2)10-6(11-12)7(13)14/h3H,1-2H3,(H,13,14). The Kier molecular flexibility index (Phi) is 1.70. The first-order valence-electron chi connectivity index (χ1n) is 4.02. The Hall–Kier alpha value is -1.98. The second-order valence-corrected chi connectivity index (χ2v) is 2.99. The molecule has 0 saturated heterocycles. The van der Waals surface area contributed by atoms with Crippen molar-refractivity contribution >= 4 is 11.7 Å². The molecule has 0 radical (unpaired) electrons. The highest BCUT2D eigenvalue weighted by atomic mass is 16.4. The number of hydrogen-bond donors (Lipinski definition) is 1. The third-order valence-corrected chi connectivity index (χ3v) is 1.96. The van der Waals surface area contributed by atoms with Crippen molar-refractivity contribution in [2.45, 2.75) is 13.8 Å². The second-order valence-electron chi connectivity index (χ2n) is 2.99. The summed E-state index contributed by atoms with van der Waals surface area (Å²) < 4.78 is 1.37. The van der Waals surface area contributed by atoms with E-state index in [0.29, 0.717) is 5.78 Å². The monoisotopic (exact) mass is 192 g/mol. The Labute approximate surface area is 79.2 Å². The largest absolute Gasteiger partial charge is 0.475 e. The number of nitrogens with zero attached hydrogens (tertiary/aromatic N) is 4. The molecule has 0 bridgehead atoms. The van der Waals surface area contributed by atoms with E-state index < -0.39 is 5.97 Å². The third kappa shape index (κ3) is 1.20. The van der Waals surface area contributed by atoms with Crippen LogP contribution < -0.4 is 0 Å². The fraction of sp³-hybridized carbons (Fsp3) is 0.250. The molecule has 2 rings (SSSR count). The number of carboxylic acid groups (broad SMARTS) is 1. The molecule has 0 atom stereocenters. The van der Waals surface area contributed by atoms with Gasteiger partial charge in [-0.05, 0) is 19.4 Å². The van der Waals surface area contributed by atoms with E-state index >= 15 is 0 Å². The van der Waals surface area contributed by atoms with E-state index in [4.69, 9.17) is 5.11 Å². The molecular formula is C8H8N4O2. The Morgan fingerprint density at radius 2 is 2.14 bits per heavy atom. The maximum Gasteiger partial charge on any atom is 0.375 e. The summed E-state index contributed by atoms with van der Waals surface area (Å²) >= 11 is 0. The SMILES string of the molecule is Cc1cn2nc(C(=O)O)nc2nc1C. The molecule has 6 heteroatoms. The number of carbonyl (C=O) groups is 1. The summed E-state index contributed by atoms with van der Waals surface area (Å²) in [6, 6.07) is 0. The minimum Gasteiger partial charge on any atom is -0.475 e. The zero-order valence-corrected chi connectivity index (χ0v) is 7.72. The van der Waals surface area contributed by atoms with Gasteiger partial charge in [0.2, 0.25) is 0 Å². The summed E-state index contributed by atoms with van der Waals surface area (Å²) in [6.45, 7) is 3.72. The number of rotatable bonds is 1. The zero-order chi connectivity index (χ0) is 10.3. The van der Waals surface area contributed by atoms with Crippen LogP contribution in [0.15, 0.2) is 6.20 Å². The van der Waals surface area contributed by atoms with Gasteiger partial charge >= 0.3 is 5.97 Å². The smallest absolute Gasteiger partial charge is 0.375 e. The van der Waals surface area contributed by atoms with Crippen LogP contribution >= 0.6 is 0 Å². The zero-order valence-electron chi connectivity index (χ0n) is 7.72. The van der Waals surface area contributed by atoms with Gasteiger partial charge in [-0.25, -0.2) is 14.3 Å². The first kappa shape index (κ1) is 8.61. The summed E-state index contributed by atoms with van der Waals surface area (Å²) in [5, 5.41) is 12.4. The van der Waals surface area contributed by atoms with Crippen LogP contribution in [0.4, 0.5) is 0 Å². The van der Waals surface area contributed by atoms with Gasteiger partial charge in [0.25, 0.3) is 11.6 Å². The summed E-state index contributed by atoms with van der Waals surface area (Å²) in [5.41, 5.74) is 1.76. The van der Waals surface area contributed by atoms with E-state index in [-0.39, 0.29) is 5.82 Å². The molecule has 0 spiro atoms. The number of aryl methyl sites for hydroxylation is 2. The number of carboxylic acids is 1. The van der Waals surface area contributed by atoms with Gasteiger partial charge in [0.1, 0.15) is 0 Å². The highest BCUT2D eigenvalue weighted by molar-refractivity contribution is 5.83. The van der Waals surface area contributed by atoms with E-state index in [1.165, 1.54) is 4.52 Å². The maximum absolute atomic E-state index is 10.6. The maximum atomic E-state index is 10.6. The molecule has 0 aliphatic heterocycles. The van der Waals surface area contributed by atoms with Crippen LogP contribution in [-0.2, 0) is 0 Å². The van der Waals surface area contributed by atoms with Crippen molar-refractivity contribution in [3.63, 3.8) is 0 Å². The lowest BCUT2D eigenvalue weighted by Gasteiger charge is -1.97. The fourth-order valence-electron chi connectivity index (χ4n) is 1.08. The number of hydrogen-bond acceptors (Lipinski definition) is 4. The normalized spacial score (nSPS) is 10.7. The molecule has 2 heterocycles. The van der Waals surface area contributed by atoms with Crippen LogP contribution in [-0.4, -0.2) is 30.7 Å². The molecule has 6 nitrogen and oxygen atoms in total. The van der Waals surface area contributed by atoms with Crippen molar-refractivity contribution in [2.24, 2.45) is 0 Å². The van der Waals surface area contributed by atoms with Gasteiger partial charge in [-0.15, -0.1) is 5.10 Å². The van der Waals surface area contributed by atoms with Crippen LogP contribution in [0.5, 0.6) is 0 Å². The fourth-order valence-corrected chi connectivity index (χ4v) is 1.08. The molecule has 0 unspecified atom stereocenters. The quantitative estimate of drug-likeness (QED) is 0.709. The third-order valence-electron chi connectivity index (χ3n) is 1.96. The molecule has 0 aromatic carbocycles. The van der Waals surface area contributed by atoms with Gasteiger partial charge in [0.05, 0.1) is 0 Å².